The summed E-state index contributed by atoms with van der Waals surface area (Å²) in [5.74, 6) is -1.12. The summed E-state index contributed by atoms with van der Waals surface area (Å²) in [4.78, 5) is 32.8. The van der Waals surface area contributed by atoms with Gasteiger partial charge in [-0.15, -0.1) is 0 Å². The van der Waals surface area contributed by atoms with Crippen molar-refractivity contribution in [3.8, 4) is 5.75 Å². The van der Waals surface area contributed by atoms with E-state index in [1.54, 1.807) is 12.1 Å². The van der Waals surface area contributed by atoms with Crippen LogP contribution in [-0.2, 0) is 6.54 Å². The van der Waals surface area contributed by atoms with E-state index in [0.29, 0.717) is 5.56 Å². The molecule has 0 saturated heterocycles. The Kier molecular flexibility index (Phi) is 5.51. The van der Waals surface area contributed by atoms with E-state index in [0.717, 1.165) is 0 Å². The number of hydrogen-bond donors (Lipinski definition) is 2. The molecule has 2 N–H and O–H groups in total. The highest BCUT2D eigenvalue weighted by molar-refractivity contribution is 5.91. The van der Waals surface area contributed by atoms with Crippen molar-refractivity contribution in [3.05, 3.63) is 63.7 Å². The number of nitrogens with zero attached hydrogens (tertiary/aromatic N) is 1. The highest BCUT2D eigenvalue weighted by Crippen LogP contribution is 2.28. The molecule has 0 aliphatic rings. The Hall–Kier alpha value is -3.62. The Labute approximate surface area is 142 Å². The number of amides is 2. The quantitative estimate of drug-likeness (QED) is 0.599. The van der Waals surface area contributed by atoms with Gasteiger partial charge in [-0.1, -0.05) is 24.3 Å². The van der Waals surface area contributed by atoms with E-state index in [1.165, 1.54) is 37.4 Å². The molecule has 130 valence electrons. The molecule has 0 radical (unpaired) electrons. The van der Waals surface area contributed by atoms with Gasteiger partial charge in [0, 0.05) is 12.6 Å². The molecule has 25 heavy (non-hydrogen) atoms. The van der Waals surface area contributed by atoms with Crippen molar-refractivity contribution in [1.82, 2.24) is 5.32 Å². The number of carbonyl (C=O) groups is 2. The lowest BCUT2D eigenvalue weighted by atomic mass is 10.1. The number of rotatable bonds is 6. The number of hydrogen-bond acceptors (Lipinski definition) is 6. The third-order valence-corrected chi connectivity index (χ3v) is 3.29. The summed E-state index contributed by atoms with van der Waals surface area (Å²) in [6.07, 6.45) is 0. The largest absolute Gasteiger partial charge is 0.545 e. The van der Waals surface area contributed by atoms with E-state index >= 15 is 0 Å². The van der Waals surface area contributed by atoms with Gasteiger partial charge in [0.2, 0.25) is 0 Å². The number of benzene rings is 2. The lowest BCUT2D eigenvalue weighted by molar-refractivity contribution is -0.384. The van der Waals surface area contributed by atoms with Crippen molar-refractivity contribution in [1.29, 1.82) is 0 Å². The number of carboxylic acids is 1. The van der Waals surface area contributed by atoms with Gasteiger partial charge < -0.3 is 25.3 Å². The predicted octanol–water partition coefficient (Wildman–Crippen LogP) is 1.29. The molecule has 0 unspecified atom stereocenters. The Morgan fingerprint density at radius 2 is 1.84 bits per heavy atom. The van der Waals surface area contributed by atoms with Gasteiger partial charge in [0.1, 0.15) is 5.75 Å². The number of nitro benzene ring substituents is 1. The fourth-order valence-corrected chi connectivity index (χ4v) is 2.00. The molecule has 9 heteroatoms. The van der Waals surface area contributed by atoms with Gasteiger partial charge in [0.15, 0.2) is 0 Å². The summed E-state index contributed by atoms with van der Waals surface area (Å²) in [7, 11) is 1.33. The average molecular weight is 344 g/mol. The third kappa shape index (κ3) is 4.67. The predicted molar refractivity (Wildman–Crippen MR) is 86.3 cm³/mol. The monoisotopic (exact) mass is 344 g/mol. The molecule has 0 saturated carbocycles. The van der Waals surface area contributed by atoms with Crippen LogP contribution in [0.5, 0.6) is 5.75 Å². The van der Waals surface area contributed by atoms with Crippen LogP contribution in [0, 0.1) is 10.1 Å². The molecule has 0 atom stereocenters. The minimum Gasteiger partial charge on any atom is -0.545 e. The van der Waals surface area contributed by atoms with Crippen LogP contribution in [0.4, 0.5) is 16.2 Å². The maximum atomic E-state index is 11.9. The van der Waals surface area contributed by atoms with Crippen LogP contribution >= 0.6 is 0 Å². The minimum absolute atomic E-state index is 0.0452. The number of nitro groups is 1. The standard InChI is InChI=1S/C16H15N3O6/c1-25-14-8-12(19(23)24)6-7-13(14)18-16(22)17-9-10-2-4-11(5-3-10)15(20)21/h2-8H,9H2,1H3,(H,20,21)(H2,17,18,22)/p-1. The molecule has 0 heterocycles. The number of non-ortho nitro benzene ring substituents is 1. The molecule has 9 nitrogen and oxygen atoms in total. The van der Waals surface area contributed by atoms with Crippen LogP contribution in [0.15, 0.2) is 42.5 Å². The summed E-state index contributed by atoms with van der Waals surface area (Å²) in [6, 6.07) is 9.13. The molecule has 2 rings (SSSR count). The van der Waals surface area contributed by atoms with Crippen LogP contribution in [0.1, 0.15) is 15.9 Å². The van der Waals surface area contributed by atoms with E-state index in [2.05, 4.69) is 10.6 Å². The fourth-order valence-electron chi connectivity index (χ4n) is 2.00. The lowest BCUT2D eigenvalue weighted by Crippen LogP contribution is -2.28. The van der Waals surface area contributed by atoms with Gasteiger partial charge in [-0.05, 0) is 17.2 Å². The minimum atomic E-state index is -1.28. The van der Waals surface area contributed by atoms with Gasteiger partial charge in [0.05, 0.1) is 29.8 Å². The lowest BCUT2D eigenvalue weighted by Gasteiger charge is -2.11. The maximum absolute atomic E-state index is 11.9. The summed E-state index contributed by atoms with van der Waals surface area (Å²) < 4.78 is 5.03. The zero-order chi connectivity index (χ0) is 18.4. The van der Waals surface area contributed by atoms with Gasteiger partial charge in [-0.2, -0.15) is 0 Å². The molecule has 0 aromatic heterocycles. The molecule has 0 aliphatic heterocycles. The highest BCUT2D eigenvalue weighted by atomic mass is 16.6. The number of aromatic carboxylic acids is 1. The Morgan fingerprint density at radius 1 is 1.16 bits per heavy atom. The van der Waals surface area contributed by atoms with E-state index in [9.17, 15) is 24.8 Å². The fraction of sp³-hybridized carbons (Fsp3) is 0.125. The first kappa shape index (κ1) is 17.7. The van der Waals surface area contributed by atoms with Crippen molar-refractivity contribution < 1.29 is 24.4 Å². The molecule has 0 spiro atoms. The van der Waals surface area contributed by atoms with Crippen molar-refractivity contribution in [2.75, 3.05) is 12.4 Å². The Bertz CT molecular complexity index is 804. The number of nitrogens with one attached hydrogen (secondary N) is 2. The normalized spacial score (nSPS) is 9.96. The SMILES string of the molecule is COc1cc([N+](=O)[O-])ccc1NC(=O)NCc1ccc(C(=O)[O-])cc1. The van der Waals surface area contributed by atoms with Crippen molar-refractivity contribution >= 4 is 23.4 Å². The first-order valence-corrected chi connectivity index (χ1v) is 7.08. The molecule has 2 aromatic rings. The van der Waals surface area contributed by atoms with E-state index in [-0.39, 0.29) is 29.2 Å². The number of carboxylic acid groups (broad SMARTS) is 1. The number of ether oxygens (including phenoxy) is 1. The summed E-state index contributed by atoms with van der Waals surface area (Å²) in [5, 5.41) is 26.5. The molecular formula is C16H14N3O6-. The second kappa shape index (κ2) is 7.77. The topological polar surface area (TPSA) is 134 Å². The van der Waals surface area contributed by atoms with Crippen molar-refractivity contribution in [3.63, 3.8) is 0 Å². The summed E-state index contributed by atoms with van der Waals surface area (Å²) in [6.45, 7) is 0.161. The first-order chi connectivity index (χ1) is 11.9. The van der Waals surface area contributed by atoms with Gasteiger partial charge in [0.25, 0.3) is 5.69 Å². The molecule has 2 aromatic carbocycles. The molecule has 0 bridgehead atoms. The van der Waals surface area contributed by atoms with E-state index in [4.69, 9.17) is 4.74 Å². The van der Waals surface area contributed by atoms with Crippen LogP contribution in [-0.4, -0.2) is 24.0 Å². The smallest absolute Gasteiger partial charge is 0.319 e. The first-order valence-electron chi connectivity index (χ1n) is 7.08. The van der Waals surface area contributed by atoms with Crippen LogP contribution in [0.25, 0.3) is 0 Å². The van der Waals surface area contributed by atoms with Gasteiger partial charge in [-0.25, -0.2) is 4.79 Å². The third-order valence-electron chi connectivity index (χ3n) is 3.29. The summed E-state index contributed by atoms with van der Waals surface area (Å²) >= 11 is 0. The maximum Gasteiger partial charge on any atom is 0.319 e. The summed E-state index contributed by atoms with van der Waals surface area (Å²) in [5.41, 5.74) is 0.855. The Morgan fingerprint density at radius 3 is 2.40 bits per heavy atom. The zero-order valence-electron chi connectivity index (χ0n) is 13.1. The molecule has 2 amide bonds. The van der Waals surface area contributed by atoms with Crippen molar-refractivity contribution in [2.45, 2.75) is 6.54 Å². The van der Waals surface area contributed by atoms with E-state index < -0.39 is 16.9 Å². The number of anilines is 1. The Balaban J connectivity index is 1.98. The molecular weight excluding hydrogens is 330 g/mol. The van der Waals surface area contributed by atoms with Crippen LogP contribution < -0.4 is 20.5 Å². The number of urea groups is 1. The van der Waals surface area contributed by atoms with E-state index in [1.807, 2.05) is 0 Å². The highest BCUT2D eigenvalue weighted by Gasteiger charge is 2.13. The van der Waals surface area contributed by atoms with Gasteiger partial charge in [-0.3, -0.25) is 10.1 Å². The second-order valence-electron chi connectivity index (χ2n) is 4.93. The molecule has 0 aliphatic carbocycles. The zero-order valence-corrected chi connectivity index (χ0v) is 13.1. The average Bonchev–Trinajstić information content (AvgIpc) is 2.60. The number of methoxy groups -OCH3 is 1. The van der Waals surface area contributed by atoms with Crippen LogP contribution in [0.2, 0.25) is 0 Å². The number of carbonyl (C=O) groups excluding carboxylic acids is 2. The second-order valence-corrected chi connectivity index (χ2v) is 4.93. The van der Waals surface area contributed by atoms with Gasteiger partial charge >= 0.3 is 6.03 Å². The van der Waals surface area contributed by atoms with Crippen molar-refractivity contribution in [2.24, 2.45) is 0 Å². The molecule has 0 fully saturated rings. The van der Waals surface area contributed by atoms with Crippen LogP contribution in [0.3, 0.4) is 0 Å².